The topological polar surface area (TPSA) is 118 Å². The number of aromatic nitrogens is 2. The molecule has 0 radical (unpaired) electrons. The first-order valence-electron chi connectivity index (χ1n) is 4.48. The van der Waals surface area contributed by atoms with Crippen LogP contribution in [0, 0.1) is 0 Å². The van der Waals surface area contributed by atoms with Crippen LogP contribution < -0.4 is 11.1 Å². The third-order valence-corrected chi connectivity index (χ3v) is 3.54. The Labute approximate surface area is 91.6 Å². The molecule has 0 aliphatic carbocycles. The number of hydrogen-bond donors (Lipinski definition) is 3. The Balaban J connectivity index is 2.05. The fraction of sp³-hybridized carbons (Fsp3) is 0.250. The van der Waals surface area contributed by atoms with E-state index in [-0.39, 0.29) is 17.1 Å². The maximum absolute atomic E-state index is 11.6. The summed E-state index contributed by atoms with van der Waals surface area (Å²) in [5.41, 5.74) is 5.84. The zero-order valence-corrected chi connectivity index (χ0v) is 8.99. The molecule has 0 aromatic carbocycles. The van der Waals surface area contributed by atoms with E-state index in [1.807, 2.05) is 0 Å². The van der Waals surface area contributed by atoms with Gasteiger partial charge in [-0.1, -0.05) is 0 Å². The molecule has 2 rings (SSSR count). The predicted molar refractivity (Wildman–Crippen MR) is 57.2 cm³/mol. The summed E-state index contributed by atoms with van der Waals surface area (Å²) in [5.74, 6) is -0.589. The lowest BCUT2D eigenvalue weighted by Gasteiger charge is -2.08. The smallest absolute Gasteiger partial charge is 0.271 e. The molecule has 0 saturated carbocycles. The number of H-pyrrole nitrogens is 1. The molecular formula is C8H10N4O3S. The molecule has 1 unspecified atom stereocenters. The summed E-state index contributed by atoms with van der Waals surface area (Å²) in [6, 6.07) is -0.514. The van der Waals surface area contributed by atoms with Crippen LogP contribution in [0.5, 0.6) is 0 Å². The molecule has 0 saturated heterocycles. The summed E-state index contributed by atoms with van der Waals surface area (Å²) >= 11 is 0. The minimum atomic E-state index is -3.17. The summed E-state index contributed by atoms with van der Waals surface area (Å²) in [5, 5.41) is 9.65. The lowest BCUT2D eigenvalue weighted by Crippen LogP contribution is -2.36. The van der Waals surface area contributed by atoms with Crippen molar-refractivity contribution in [2.24, 2.45) is 0 Å². The molecule has 8 heteroatoms. The molecule has 7 nitrogen and oxygen atoms in total. The van der Waals surface area contributed by atoms with Crippen LogP contribution in [0.25, 0.3) is 0 Å². The first kappa shape index (κ1) is 10.7. The molecule has 0 fully saturated rings. The van der Waals surface area contributed by atoms with Crippen molar-refractivity contribution in [2.75, 3.05) is 11.5 Å². The van der Waals surface area contributed by atoms with Crippen LogP contribution in [-0.2, 0) is 9.84 Å². The third-order valence-electron chi connectivity index (χ3n) is 2.14. The van der Waals surface area contributed by atoms with Crippen LogP contribution in [-0.4, -0.2) is 36.3 Å². The summed E-state index contributed by atoms with van der Waals surface area (Å²) < 4.78 is 22.2. The highest BCUT2D eigenvalue weighted by Gasteiger charge is 2.24. The average molecular weight is 242 g/mol. The van der Waals surface area contributed by atoms with Crippen molar-refractivity contribution in [1.82, 2.24) is 15.5 Å². The standard InChI is InChI=1S/C8H10N4O3S/c9-6-3-10-12-7(6)8(13)11-5-1-2-16(14,15)4-5/h1-3,5H,4,9H2,(H,10,12)(H,11,13). The molecule has 86 valence electrons. The summed E-state index contributed by atoms with van der Waals surface area (Å²) in [7, 11) is -3.17. The molecule has 0 bridgehead atoms. The van der Waals surface area contributed by atoms with Crippen molar-refractivity contribution in [2.45, 2.75) is 6.04 Å². The van der Waals surface area contributed by atoms with Gasteiger partial charge >= 0.3 is 0 Å². The number of nitrogens with zero attached hydrogens (tertiary/aromatic N) is 1. The first-order chi connectivity index (χ1) is 7.48. The molecule has 16 heavy (non-hydrogen) atoms. The van der Waals surface area contributed by atoms with Crippen LogP contribution in [0.3, 0.4) is 0 Å². The zero-order chi connectivity index (χ0) is 11.8. The van der Waals surface area contributed by atoms with Gasteiger partial charge in [-0.2, -0.15) is 5.10 Å². The largest absolute Gasteiger partial charge is 0.396 e. The van der Waals surface area contributed by atoms with E-state index in [0.29, 0.717) is 0 Å². The summed E-state index contributed by atoms with van der Waals surface area (Å²) in [6.07, 6.45) is 2.75. The lowest BCUT2D eigenvalue weighted by molar-refractivity contribution is 0.0943. The molecule has 0 spiro atoms. The highest BCUT2D eigenvalue weighted by Crippen LogP contribution is 2.10. The molecule has 4 N–H and O–H groups in total. The molecule has 1 aromatic rings. The number of rotatable bonds is 2. The Morgan fingerprint density at radius 3 is 2.88 bits per heavy atom. The van der Waals surface area contributed by atoms with Crippen LogP contribution >= 0.6 is 0 Å². The van der Waals surface area contributed by atoms with E-state index < -0.39 is 21.8 Å². The van der Waals surface area contributed by atoms with Crippen LogP contribution in [0.4, 0.5) is 5.69 Å². The Bertz CT molecular complexity index is 545. The van der Waals surface area contributed by atoms with Crippen LogP contribution in [0.2, 0.25) is 0 Å². The first-order valence-corrected chi connectivity index (χ1v) is 6.20. The van der Waals surface area contributed by atoms with Crippen molar-refractivity contribution in [3.8, 4) is 0 Å². The van der Waals surface area contributed by atoms with Gasteiger partial charge in [0.15, 0.2) is 9.84 Å². The normalized spacial score (nSPS) is 22.1. The Kier molecular flexibility index (Phi) is 2.43. The minimum Gasteiger partial charge on any atom is -0.396 e. The number of hydrogen-bond acceptors (Lipinski definition) is 5. The van der Waals surface area contributed by atoms with Crippen LogP contribution in [0.15, 0.2) is 17.7 Å². The van der Waals surface area contributed by atoms with E-state index in [1.165, 1.54) is 12.3 Å². The van der Waals surface area contributed by atoms with E-state index in [1.54, 1.807) is 0 Å². The molecule has 1 aliphatic rings. The van der Waals surface area contributed by atoms with Gasteiger partial charge < -0.3 is 11.1 Å². The maximum Gasteiger partial charge on any atom is 0.271 e. The number of carbonyl (C=O) groups excluding carboxylic acids is 1. The second kappa shape index (κ2) is 3.63. The summed E-state index contributed by atoms with van der Waals surface area (Å²) in [6.45, 7) is 0. The minimum absolute atomic E-state index is 0.118. The molecule has 1 aromatic heterocycles. The molecular weight excluding hydrogens is 232 g/mol. The highest BCUT2D eigenvalue weighted by atomic mass is 32.2. The fourth-order valence-corrected chi connectivity index (χ4v) is 2.62. The predicted octanol–water partition coefficient (Wildman–Crippen LogP) is -0.968. The number of sulfone groups is 1. The van der Waals surface area contributed by atoms with Gasteiger partial charge in [0.1, 0.15) is 5.69 Å². The Morgan fingerprint density at radius 1 is 1.62 bits per heavy atom. The van der Waals surface area contributed by atoms with E-state index in [4.69, 9.17) is 5.73 Å². The molecule has 2 heterocycles. The van der Waals surface area contributed by atoms with Gasteiger partial charge in [0.2, 0.25) is 0 Å². The zero-order valence-electron chi connectivity index (χ0n) is 8.17. The Hall–Kier alpha value is -1.83. The Morgan fingerprint density at radius 2 is 2.38 bits per heavy atom. The van der Waals surface area contributed by atoms with Gasteiger partial charge in [-0.25, -0.2) is 8.42 Å². The molecule has 1 aliphatic heterocycles. The fourth-order valence-electron chi connectivity index (χ4n) is 1.38. The van der Waals surface area contributed by atoms with E-state index in [0.717, 1.165) is 5.41 Å². The second-order valence-corrected chi connectivity index (χ2v) is 5.37. The van der Waals surface area contributed by atoms with Gasteiger partial charge in [0.25, 0.3) is 5.91 Å². The van der Waals surface area contributed by atoms with Gasteiger partial charge in [0, 0.05) is 5.41 Å². The van der Waals surface area contributed by atoms with Crippen LogP contribution in [0.1, 0.15) is 10.5 Å². The van der Waals surface area contributed by atoms with Gasteiger partial charge in [0.05, 0.1) is 23.7 Å². The number of nitrogens with two attached hydrogens (primary N) is 1. The highest BCUT2D eigenvalue weighted by molar-refractivity contribution is 7.94. The quantitative estimate of drug-likeness (QED) is 0.616. The van der Waals surface area contributed by atoms with E-state index >= 15 is 0 Å². The van der Waals surface area contributed by atoms with Gasteiger partial charge in [-0.05, 0) is 6.08 Å². The summed E-state index contributed by atoms with van der Waals surface area (Å²) in [4.78, 5) is 11.6. The molecule has 1 atom stereocenters. The van der Waals surface area contributed by atoms with Gasteiger partial charge in [-0.15, -0.1) is 0 Å². The third kappa shape index (κ3) is 2.06. The number of anilines is 1. The van der Waals surface area contributed by atoms with Crippen molar-refractivity contribution in [3.05, 3.63) is 23.4 Å². The van der Waals surface area contributed by atoms with E-state index in [2.05, 4.69) is 15.5 Å². The van der Waals surface area contributed by atoms with Crippen molar-refractivity contribution < 1.29 is 13.2 Å². The SMILES string of the molecule is Nc1cn[nH]c1C(=O)NC1C=CS(=O)(=O)C1. The van der Waals surface area contributed by atoms with Gasteiger partial charge in [-0.3, -0.25) is 9.89 Å². The van der Waals surface area contributed by atoms with E-state index in [9.17, 15) is 13.2 Å². The van der Waals surface area contributed by atoms with Crippen molar-refractivity contribution in [1.29, 1.82) is 0 Å². The van der Waals surface area contributed by atoms with Crippen molar-refractivity contribution >= 4 is 21.4 Å². The number of amides is 1. The average Bonchev–Trinajstić information content (AvgIpc) is 2.72. The maximum atomic E-state index is 11.6. The second-order valence-electron chi connectivity index (χ2n) is 3.44. The molecule has 1 amide bonds. The number of nitrogens with one attached hydrogen (secondary N) is 2. The number of aromatic amines is 1. The number of carbonyl (C=O) groups is 1. The van der Waals surface area contributed by atoms with Crippen molar-refractivity contribution in [3.63, 3.8) is 0 Å². The number of nitrogen functional groups attached to an aromatic ring is 1. The monoisotopic (exact) mass is 242 g/mol. The lowest BCUT2D eigenvalue weighted by atomic mass is 10.3.